The maximum atomic E-state index is 12.9. The summed E-state index contributed by atoms with van der Waals surface area (Å²) in [4.78, 5) is 14.9. The van der Waals surface area contributed by atoms with Gasteiger partial charge in [-0.15, -0.1) is 5.10 Å². The number of ether oxygens (including phenoxy) is 2. The van der Waals surface area contributed by atoms with Crippen molar-refractivity contribution in [3.05, 3.63) is 35.2 Å². The Hall–Kier alpha value is -4.00. The minimum absolute atomic E-state index is 0.0331. The van der Waals surface area contributed by atoms with E-state index in [1.807, 2.05) is 13.8 Å². The van der Waals surface area contributed by atoms with Gasteiger partial charge < -0.3 is 15.2 Å². The fraction of sp³-hybridized carbons (Fsp3) is 0.368. The van der Waals surface area contributed by atoms with Crippen molar-refractivity contribution in [2.75, 3.05) is 33.0 Å². The number of nitrogen functional groups attached to an aromatic ring is 1. The molecule has 13 nitrogen and oxygen atoms in total. The Labute approximate surface area is 184 Å². The van der Waals surface area contributed by atoms with E-state index in [1.165, 1.54) is 18.0 Å². The van der Waals surface area contributed by atoms with Gasteiger partial charge in [0.15, 0.2) is 17.2 Å². The molecule has 0 radical (unpaired) electrons. The number of benzene rings is 1. The van der Waals surface area contributed by atoms with Crippen LogP contribution in [0.1, 0.15) is 35.6 Å². The van der Waals surface area contributed by atoms with Crippen molar-refractivity contribution in [3.63, 3.8) is 0 Å². The van der Waals surface area contributed by atoms with Gasteiger partial charge in [0.25, 0.3) is 5.91 Å². The van der Waals surface area contributed by atoms with Crippen molar-refractivity contribution in [3.8, 4) is 17.3 Å². The molecular weight excluding hydrogens is 418 g/mol. The van der Waals surface area contributed by atoms with Crippen LogP contribution in [-0.2, 0) is 6.54 Å². The van der Waals surface area contributed by atoms with E-state index in [0.29, 0.717) is 29.3 Å². The lowest BCUT2D eigenvalue weighted by Crippen LogP contribution is -2.27. The zero-order valence-corrected chi connectivity index (χ0v) is 18.3. The predicted octanol–water partition coefficient (Wildman–Crippen LogP) is 0.855. The lowest BCUT2D eigenvalue weighted by atomic mass is 10.2. The second-order valence-corrected chi connectivity index (χ2v) is 6.51. The zero-order chi connectivity index (χ0) is 23.1. The van der Waals surface area contributed by atoms with Gasteiger partial charge in [0, 0.05) is 12.1 Å². The summed E-state index contributed by atoms with van der Waals surface area (Å²) in [6, 6.07) is 5.32. The van der Waals surface area contributed by atoms with E-state index in [9.17, 15) is 4.79 Å². The van der Waals surface area contributed by atoms with Gasteiger partial charge in [-0.05, 0) is 35.5 Å². The van der Waals surface area contributed by atoms with Crippen LogP contribution in [0.2, 0.25) is 0 Å². The van der Waals surface area contributed by atoms with Crippen LogP contribution >= 0.6 is 0 Å². The first-order valence-corrected chi connectivity index (χ1v) is 9.83. The minimum atomic E-state index is -0.549. The van der Waals surface area contributed by atoms with Crippen LogP contribution in [0.4, 0.5) is 5.82 Å². The molecule has 1 amide bonds. The van der Waals surface area contributed by atoms with Gasteiger partial charge in [-0.25, -0.2) is 10.1 Å². The molecule has 170 valence electrons. The van der Waals surface area contributed by atoms with Gasteiger partial charge in [0.2, 0.25) is 11.6 Å². The number of anilines is 1. The van der Waals surface area contributed by atoms with Crippen molar-refractivity contribution in [2.24, 2.45) is 5.10 Å². The molecule has 3 N–H and O–H groups in total. The Kier molecular flexibility index (Phi) is 7.33. The topological polar surface area (TPSA) is 159 Å². The van der Waals surface area contributed by atoms with Crippen molar-refractivity contribution in [1.29, 1.82) is 0 Å². The number of rotatable bonds is 10. The van der Waals surface area contributed by atoms with Gasteiger partial charge in [0.05, 0.1) is 26.1 Å². The van der Waals surface area contributed by atoms with Crippen molar-refractivity contribution < 1.29 is 18.9 Å². The highest BCUT2D eigenvalue weighted by Crippen LogP contribution is 2.29. The standard InChI is InChI=1S/C19H25N9O4/c1-5-27(6-2)11-13-15(22-26-28(13)18-17(20)24-32-25-18)19(29)23-21-10-12-8-7-9-14(30-3)16(12)31-4/h7-10H,5-6,11H2,1-4H3,(H2,20,24)(H,23,29). The lowest BCUT2D eigenvalue weighted by Gasteiger charge is -2.18. The van der Waals surface area contributed by atoms with E-state index in [0.717, 1.165) is 13.1 Å². The first-order chi connectivity index (χ1) is 15.5. The van der Waals surface area contributed by atoms with Crippen LogP contribution in [0.3, 0.4) is 0 Å². The monoisotopic (exact) mass is 443 g/mol. The van der Waals surface area contributed by atoms with Crippen LogP contribution in [-0.4, -0.2) is 69.6 Å². The highest BCUT2D eigenvalue weighted by molar-refractivity contribution is 5.94. The summed E-state index contributed by atoms with van der Waals surface area (Å²) in [5, 5.41) is 19.4. The number of nitrogens with one attached hydrogen (secondary N) is 1. The maximum Gasteiger partial charge on any atom is 0.293 e. The summed E-state index contributed by atoms with van der Waals surface area (Å²) >= 11 is 0. The number of hydrogen-bond acceptors (Lipinski definition) is 11. The molecule has 0 saturated carbocycles. The number of carbonyl (C=O) groups excluding carboxylic acids is 1. The minimum Gasteiger partial charge on any atom is -0.493 e. The average molecular weight is 443 g/mol. The van der Waals surface area contributed by atoms with Crippen molar-refractivity contribution >= 4 is 17.9 Å². The van der Waals surface area contributed by atoms with E-state index in [2.05, 4.69) is 40.7 Å². The van der Waals surface area contributed by atoms with Gasteiger partial charge in [-0.3, -0.25) is 9.69 Å². The van der Waals surface area contributed by atoms with E-state index >= 15 is 0 Å². The average Bonchev–Trinajstić information content (AvgIpc) is 3.42. The fourth-order valence-electron chi connectivity index (χ4n) is 3.01. The van der Waals surface area contributed by atoms with Crippen LogP contribution in [0.5, 0.6) is 11.5 Å². The number of para-hydroxylation sites is 1. The van der Waals surface area contributed by atoms with E-state index in [-0.39, 0.29) is 17.3 Å². The summed E-state index contributed by atoms with van der Waals surface area (Å²) < 4.78 is 16.6. The van der Waals surface area contributed by atoms with Gasteiger partial charge in [-0.1, -0.05) is 25.1 Å². The molecule has 2 heterocycles. The molecule has 32 heavy (non-hydrogen) atoms. The Morgan fingerprint density at radius 3 is 2.69 bits per heavy atom. The summed E-state index contributed by atoms with van der Waals surface area (Å²) in [6.45, 7) is 5.90. The first kappa shape index (κ1) is 22.7. The molecule has 2 aromatic heterocycles. The van der Waals surface area contributed by atoms with E-state index < -0.39 is 5.91 Å². The smallest absolute Gasteiger partial charge is 0.293 e. The molecule has 0 aliphatic heterocycles. The number of hydrogen-bond donors (Lipinski definition) is 2. The third-order valence-corrected chi connectivity index (χ3v) is 4.75. The molecule has 0 saturated heterocycles. The molecule has 3 rings (SSSR count). The molecule has 0 fully saturated rings. The number of nitrogens with zero attached hydrogens (tertiary/aromatic N) is 7. The molecule has 1 aromatic carbocycles. The van der Waals surface area contributed by atoms with Crippen molar-refractivity contribution in [2.45, 2.75) is 20.4 Å². The molecule has 0 atom stereocenters. The molecular formula is C19H25N9O4. The Morgan fingerprint density at radius 2 is 2.06 bits per heavy atom. The number of carbonyl (C=O) groups is 1. The van der Waals surface area contributed by atoms with Gasteiger partial charge >= 0.3 is 0 Å². The molecule has 0 unspecified atom stereocenters. The molecule has 0 aliphatic carbocycles. The molecule has 0 aliphatic rings. The van der Waals surface area contributed by atoms with E-state index in [1.54, 1.807) is 25.3 Å². The normalized spacial score (nSPS) is 11.3. The van der Waals surface area contributed by atoms with Crippen LogP contribution < -0.4 is 20.6 Å². The number of nitrogens with two attached hydrogens (primary N) is 1. The fourth-order valence-corrected chi connectivity index (χ4v) is 3.01. The SMILES string of the molecule is CCN(CC)Cc1c(C(=O)NN=Cc2cccc(OC)c2OC)nnn1-c1nonc1N. The largest absolute Gasteiger partial charge is 0.493 e. The maximum absolute atomic E-state index is 12.9. The van der Waals surface area contributed by atoms with Gasteiger partial charge in [0.1, 0.15) is 0 Å². The number of methoxy groups -OCH3 is 2. The summed E-state index contributed by atoms with van der Waals surface area (Å²) in [7, 11) is 3.06. The quantitative estimate of drug-likeness (QED) is 0.340. The zero-order valence-electron chi connectivity index (χ0n) is 18.3. The summed E-state index contributed by atoms with van der Waals surface area (Å²) in [6.07, 6.45) is 1.45. The highest BCUT2D eigenvalue weighted by Gasteiger charge is 2.25. The number of amides is 1. The Bertz CT molecular complexity index is 1090. The van der Waals surface area contributed by atoms with Crippen LogP contribution in [0.25, 0.3) is 5.82 Å². The second-order valence-electron chi connectivity index (χ2n) is 6.51. The summed E-state index contributed by atoms with van der Waals surface area (Å²) in [5.41, 5.74) is 9.45. The lowest BCUT2D eigenvalue weighted by molar-refractivity contribution is 0.0948. The van der Waals surface area contributed by atoms with E-state index in [4.69, 9.17) is 15.2 Å². The Balaban J connectivity index is 1.87. The number of aromatic nitrogens is 5. The molecule has 0 spiro atoms. The van der Waals surface area contributed by atoms with Gasteiger partial charge in [-0.2, -0.15) is 9.78 Å². The Morgan fingerprint density at radius 1 is 1.28 bits per heavy atom. The van der Waals surface area contributed by atoms with Crippen LogP contribution in [0.15, 0.2) is 27.9 Å². The molecule has 0 bridgehead atoms. The molecule has 13 heteroatoms. The predicted molar refractivity (Wildman–Crippen MR) is 115 cm³/mol. The first-order valence-electron chi connectivity index (χ1n) is 9.83. The van der Waals surface area contributed by atoms with Crippen LogP contribution in [0, 0.1) is 0 Å². The third kappa shape index (κ3) is 4.67. The second kappa shape index (κ2) is 10.3. The third-order valence-electron chi connectivity index (χ3n) is 4.75. The molecule has 3 aromatic rings. The number of hydrazone groups is 1. The summed E-state index contributed by atoms with van der Waals surface area (Å²) in [5.74, 6) is 0.682. The van der Waals surface area contributed by atoms with Crippen molar-refractivity contribution in [1.82, 2.24) is 35.6 Å². The highest BCUT2D eigenvalue weighted by atomic mass is 16.6.